The third-order valence-electron chi connectivity index (χ3n) is 4.93. The highest BCUT2D eigenvalue weighted by molar-refractivity contribution is 5.70. The van der Waals surface area contributed by atoms with Crippen LogP contribution in [-0.4, -0.2) is 49.3 Å². The molecule has 1 N–H and O–H groups in total. The largest absolute Gasteiger partial charge is 0.373 e. The molecule has 0 amide bonds. The summed E-state index contributed by atoms with van der Waals surface area (Å²) in [4.78, 5) is 33.8. The zero-order valence-electron chi connectivity index (χ0n) is 16.1. The van der Waals surface area contributed by atoms with E-state index < -0.39 is 5.69 Å². The Morgan fingerprint density at radius 3 is 2.54 bits per heavy atom. The summed E-state index contributed by atoms with van der Waals surface area (Å²) in [5.41, 5.74) is 0.162. The first kappa shape index (κ1) is 18.8. The Bertz CT molecular complexity index is 871. The molecule has 2 atom stereocenters. The number of rotatable bonds is 6. The molecule has 8 heteroatoms. The van der Waals surface area contributed by atoms with Crippen LogP contribution >= 0.6 is 0 Å². The van der Waals surface area contributed by atoms with E-state index in [1.54, 1.807) is 7.05 Å². The van der Waals surface area contributed by atoms with Gasteiger partial charge in [0.15, 0.2) is 11.2 Å². The van der Waals surface area contributed by atoms with Crippen LogP contribution in [0, 0.1) is 0 Å². The SMILES string of the molecule is CCCCCn1c(CN2CC(C)OC(C)C2)nc2c1c(=O)[nH]c(=O)n2C. The number of hydrogen-bond acceptors (Lipinski definition) is 5. The molecule has 8 nitrogen and oxygen atoms in total. The first-order valence-corrected chi connectivity index (χ1v) is 9.47. The Morgan fingerprint density at radius 2 is 1.88 bits per heavy atom. The van der Waals surface area contributed by atoms with Gasteiger partial charge in [-0.3, -0.25) is 19.2 Å². The molecular weight excluding hydrogens is 334 g/mol. The van der Waals surface area contributed by atoms with Crippen molar-refractivity contribution in [1.29, 1.82) is 0 Å². The van der Waals surface area contributed by atoms with Crippen molar-refractivity contribution in [2.45, 2.75) is 65.3 Å². The maximum absolute atomic E-state index is 12.5. The number of morpholine rings is 1. The highest BCUT2D eigenvalue weighted by Gasteiger charge is 2.25. The Hall–Kier alpha value is -1.93. The molecule has 2 aromatic heterocycles. The molecule has 144 valence electrons. The quantitative estimate of drug-likeness (QED) is 0.780. The van der Waals surface area contributed by atoms with E-state index in [1.807, 2.05) is 4.57 Å². The van der Waals surface area contributed by atoms with Gasteiger partial charge in [0, 0.05) is 26.7 Å². The fraction of sp³-hybridized carbons (Fsp3) is 0.722. The van der Waals surface area contributed by atoms with Crippen LogP contribution in [0.5, 0.6) is 0 Å². The summed E-state index contributed by atoms with van der Waals surface area (Å²) in [5.74, 6) is 0.837. The summed E-state index contributed by atoms with van der Waals surface area (Å²) in [6.07, 6.45) is 3.52. The Kier molecular flexibility index (Phi) is 5.62. The van der Waals surface area contributed by atoms with Gasteiger partial charge in [0.2, 0.25) is 0 Å². The molecule has 0 spiro atoms. The molecule has 26 heavy (non-hydrogen) atoms. The van der Waals surface area contributed by atoms with Crippen molar-refractivity contribution in [3.63, 3.8) is 0 Å². The van der Waals surface area contributed by atoms with E-state index >= 15 is 0 Å². The second-order valence-corrected chi connectivity index (χ2v) is 7.33. The molecule has 3 heterocycles. The number of fused-ring (bicyclic) bond motifs is 1. The van der Waals surface area contributed by atoms with Crippen LogP contribution < -0.4 is 11.2 Å². The van der Waals surface area contributed by atoms with Crippen molar-refractivity contribution in [1.82, 2.24) is 24.0 Å². The van der Waals surface area contributed by atoms with E-state index in [-0.39, 0.29) is 17.8 Å². The van der Waals surface area contributed by atoms with Gasteiger partial charge in [-0.2, -0.15) is 0 Å². The number of ether oxygens (including phenoxy) is 1. The van der Waals surface area contributed by atoms with Gasteiger partial charge in [-0.25, -0.2) is 9.78 Å². The monoisotopic (exact) mass is 363 g/mol. The number of hydrogen-bond donors (Lipinski definition) is 1. The van der Waals surface area contributed by atoms with Gasteiger partial charge in [-0.15, -0.1) is 0 Å². The van der Waals surface area contributed by atoms with Crippen molar-refractivity contribution in [2.24, 2.45) is 7.05 Å². The number of aryl methyl sites for hydroxylation is 2. The molecule has 3 rings (SSSR count). The van der Waals surface area contributed by atoms with Gasteiger partial charge in [-0.05, 0) is 20.3 Å². The van der Waals surface area contributed by atoms with Crippen LogP contribution in [0.4, 0.5) is 0 Å². The maximum atomic E-state index is 12.5. The molecule has 2 aromatic rings. The van der Waals surface area contributed by atoms with Crippen molar-refractivity contribution in [2.75, 3.05) is 13.1 Å². The number of nitrogens with one attached hydrogen (secondary N) is 1. The first-order valence-electron chi connectivity index (χ1n) is 9.47. The van der Waals surface area contributed by atoms with Gasteiger partial charge in [0.05, 0.1) is 18.8 Å². The molecule has 1 aliphatic rings. The first-order chi connectivity index (χ1) is 12.4. The second-order valence-electron chi connectivity index (χ2n) is 7.33. The van der Waals surface area contributed by atoms with Gasteiger partial charge in [0.25, 0.3) is 5.56 Å². The minimum Gasteiger partial charge on any atom is -0.373 e. The highest BCUT2D eigenvalue weighted by Crippen LogP contribution is 2.18. The Balaban J connectivity index is 2.01. The minimum absolute atomic E-state index is 0.171. The molecule has 2 unspecified atom stereocenters. The van der Waals surface area contributed by atoms with Crippen LogP contribution in [0.15, 0.2) is 9.59 Å². The molecule has 0 radical (unpaired) electrons. The van der Waals surface area contributed by atoms with Crippen molar-refractivity contribution >= 4 is 11.2 Å². The summed E-state index contributed by atoms with van der Waals surface area (Å²) < 4.78 is 9.22. The van der Waals surface area contributed by atoms with Crippen molar-refractivity contribution < 1.29 is 4.74 Å². The number of imidazole rings is 1. The summed E-state index contributed by atoms with van der Waals surface area (Å²) in [5, 5.41) is 0. The van der Waals surface area contributed by atoms with E-state index in [0.717, 1.165) is 44.7 Å². The summed E-state index contributed by atoms with van der Waals surface area (Å²) in [6.45, 7) is 9.33. The number of H-pyrrole nitrogens is 1. The number of nitrogens with zero attached hydrogens (tertiary/aromatic N) is 4. The average Bonchev–Trinajstić information content (AvgIpc) is 2.91. The van der Waals surface area contributed by atoms with E-state index in [9.17, 15) is 9.59 Å². The van der Waals surface area contributed by atoms with E-state index in [4.69, 9.17) is 4.74 Å². The maximum Gasteiger partial charge on any atom is 0.329 e. The van der Waals surface area contributed by atoms with Crippen LogP contribution in [-0.2, 0) is 24.9 Å². The molecule has 1 fully saturated rings. The molecular formula is C18H29N5O3. The van der Waals surface area contributed by atoms with Gasteiger partial charge < -0.3 is 9.30 Å². The zero-order valence-corrected chi connectivity index (χ0v) is 16.1. The minimum atomic E-state index is -0.430. The second kappa shape index (κ2) is 7.75. The van der Waals surface area contributed by atoms with E-state index in [2.05, 4.69) is 35.6 Å². The third kappa shape index (κ3) is 3.76. The summed E-state index contributed by atoms with van der Waals surface area (Å²) in [7, 11) is 1.65. The van der Waals surface area contributed by atoms with Crippen molar-refractivity contribution in [3.8, 4) is 0 Å². The average molecular weight is 363 g/mol. The lowest BCUT2D eigenvalue weighted by molar-refractivity contribution is -0.0712. The lowest BCUT2D eigenvalue weighted by Crippen LogP contribution is -2.45. The van der Waals surface area contributed by atoms with E-state index in [0.29, 0.717) is 17.7 Å². The zero-order chi connectivity index (χ0) is 18.8. The third-order valence-corrected chi connectivity index (χ3v) is 4.93. The molecule has 1 aliphatic heterocycles. The topological polar surface area (TPSA) is 85.2 Å². The van der Waals surface area contributed by atoms with Crippen LogP contribution in [0.1, 0.15) is 45.9 Å². The molecule has 0 aromatic carbocycles. The van der Waals surface area contributed by atoms with Crippen molar-refractivity contribution in [3.05, 3.63) is 26.7 Å². The number of aromatic nitrogens is 4. The summed E-state index contributed by atoms with van der Waals surface area (Å²) >= 11 is 0. The fourth-order valence-electron chi connectivity index (χ4n) is 3.77. The van der Waals surface area contributed by atoms with Crippen LogP contribution in [0.3, 0.4) is 0 Å². The number of aromatic amines is 1. The van der Waals surface area contributed by atoms with Gasteiger partial charge in [-0.1, -0.05) is 19.8 Å². The van der Waals surface area contributed by atoms with Gasteiger partial charge >= 0.3 is 5.69 Å². The Morgan fingerprint density at radius 1 is 1.19 bits per heavy atom. The normalized spacial score (nSPS) is 21.5. The standard InChI is InChI=1S/C18H29N5O3/c1-5-6-7-8-23-14(11-22-9-12(2)26-13(3)10-22)19-16-15(23)17(24)20-18(25)21(16)4/h12-13H,5-11H2,1-4H3,(H,20,24,25). The lowest BCUT2D eigenvalue weighted by Gasteiger charge is -2.35. The summed E-state index contributed by atoms with van der Waals surface area (Å²) in [6, 6.07) is 0. The van der Waals surface area contributed by atoms with E-state index in [1.165, 1.54) is 4.57 Å². The van der Waals surface area contributed by atoms with Gasteiger partial charge in [0.1, 0.15) is 5.82 Å². The lowest BCUT2D eigenvalue weighted by atomic mass is 10.2. The fourth-order valence-corrected chi connectivity index (χ4v) is 3.77. The molecule has 0 aliphatic carbocycles. The highest BCUT2D eigenvalue weighted by atomic mass is 16.5. The molecule has 0 saturated carbocycles. The Labute approximate surface area is 152 Å². The predicted octanol–water partition coefficient (Wildman–Crippen LogP) is 1.22. The molecule has 0 bridgehead atoms. The number of unbranched alkanes of at least 4 members (excludes halogenated alkanes) is 2. The van der Waals surface area contributed by atoms with Crippen LogP contribution in [0.25, 0.3) is 11.2 Å². The molecule has 1 saturated heterocycles. The predicted molar refractivity (Wildman–Crippen MR) is 100 cm³/mol. The van der Waals surface area contributed by atoms with Crippen LogP contribution in [0.2, 0.25) is 0 Å². The smallest absolute Gasteiger partial charge is 0.329 e.